The van der Waals surface area contributed by atoms with Crippen molar-refractivity contribution in [1.82, 2.24) is 4.98 Å². The molecule has 0 radical (unpaired) electrons. The first-order valence-corrected chi connectivity index (χ1v) is 8.68. The number of aryl methyl sites for hydroxylation is 1. The number of benzene rings is 2. The van der Waals surface area contributed by atoms with Gasteiger partial charge in [0.15, 0.2) is 5.78 Å². The summed E-state index contributed by atoms with van der Waals surface area (Å²) in [6.07, 6.45) is 2.80. The second kappa shape index (κ2) is 8.26. The largest absolute Gasteiger partial charge is 0.322 e. The van der Waals surface area contributed by atoms with Crippen LogP contribution in [0.25, 0.3) is 0 Å². The fraction of sp³-hybridized carbons (Fsp3) is 0.0909. The molecule has 0 unspecified atom stereocenters. The van der Waals surface area contributed by atoms with E-state index in [1.165, 1.54) is 25.4 Å². The Balaban J connectivity index is 1.73. The molecule has 6 heteroatoms. The maximum absolute atomic E-state index is 12.5. The number of rotatable bonds is 5. The standard InChI is InChI=1S/C22H19N3O3/c1-14-5-3-4-6-20(14)25-22(28)18-11-17(12-23-13-18)21(27)24-19-9-7-16(8-10-19)15(2)26/h3-13H,1-2H3,(H,24,27)(H,25,28). The number of para-hydroxylation sites is 1. The Bertz CT molecular complexity index is 1040. The highest BCUT2D eigenvalue weighted by atomic mass is 16.2. The van der Waals surface area contributed by atoms with Gasteiger partial charge in [-0.25, -0.2) is 0 Å². The summed E-state index contributed by atoms with van der Waals surface area (Å²) in [6.45, 7) is 3.38. The van der Waals surface area contributed by atoms with E-state index >= 15 is 0 Å². The SMILES string of the molecule is CC(=O)c1ccc(NC(=O)c2cncc(C(=O)Nc3ccccc3C)c2)cc1. The van der Waals surface area contributed by atoms with E-state index in [1.54, 1.807) is 24.3 Å². The van der Waals surface area contributed by atoms with Crippen molar-refractivity contribution in [3.8, 4) is 0 Å². The van der Waals surface area contributed by atoms with E-state index in [4.69, 9.17) is 0 Å². The lowest BCUT2D eigenvalue weighted by Gasteiger charge is -2.09. The number of carbonyl (C=O) groups is 3. The second-order valence-corrected chi connectivity index (χ2v) is 6.32. The van der Waals surface area contributed by atoms with E-state index in [0.717, 1.165) is 5.56 Å². The summed E-state index contributed by atoms with van der Waals surface area (Å²) < 4.78 is 0. The first-order valence-electron chi connectivity index (χ1n) is 8.68. The average Bonchev–Trinajstić information content (AvgIpc) is 2.70. The lowest BCUT2D eigenvalue weighted by molar-refractivity contribution is 0.101. The van der Waals surface area contributed by atoms with Crippen molar-refractivity contribution in [3.05, 3.63) is 89.2 Å². The van der Waals surface area contributed by atoms with Gasteiger partial charge in [-0.1, -0.05) is 18.2 Å². The molecule has 2 amide bonds. The Kier molecular flexibility index (Phi) is 5.60. The Morgan fingerprint density at radius 2 is 1.39 bits per heavy atom. The zero-order valence-electron chi connectivity index (χ0n) is 15.5. The Morgan fingerprint density at radius 1 is 0.786 bits per heavy atom. The maximum atomic E-state index is 12.5. The lowest BCUT2D eigenvalue weighted by Crippen LogP contribution is -2.16. The van der Waals surface area contributed by atoms with Gasteiger partial charge in [-0.05, 0) is 55.8 Å². The minimum atomic E-state index is -0.395. The second-order valence-electron chi connectivity index (χ2n) is 6.32. The summed E-state index contributed by atoms with van der Waals surface area (Å²) in [5.41, 5.74) is 3.29. The zero-order chi connectivity index (χ0) is 20.1. The molecular formula is C22H19N3O3. The molecule has 0 saturated carbocycles. The minimum absolute atomic E-state index is 0.0468. The molecule has 28 heavy (non-hydrogen) atoms. The van der Waals surface area contributed by atoms with Crippen LogP contribution in [-0.2, 0) is 0 Å². The normalized spacial score (nSPS) is 10.2. The number of pyridine rings is 1. The van der Waals surface area contributed by atoms with Crippen LogP contribution < -0.4 is 10.6 Å². The first-order chi connectivity index (χ1) is 13.4. The highest BCUT2D eigenvalue weighted by molar-refractivity contribution is 6.08. The monoisotopic (exact) mass is 373 g/mol. The van der Waals surface area contributed by atoms with E-state index in [1.807, 2.05) is 31.2 Å². The van der Waals surface area contributed by atoms with E-state index in [-0.39, 0.29) is 22.8 Å². The molecule has 1 heterocycles. The number of hydrogen-bond donors (Lipinski definition) is 2. The van der Waals surface area contributed by atoms with Crippen LogP contribution in [0.15, 0.2) is 67.0 Å². The van der Waals surface area contributed by atoms with Crippen LogP contribution in [0, 0.1) is 6.92 Å². The number of ketones is 1. The van der Waals surface area contributed by atoms with Crippen LogP contribution in [0.2, 0.25) is 0 Å². The zero-order valence-corrected chi connectivity index (χ0v) is 15.5. The topological polar surface area (TPSA) is 88.2 Å². The molecule has 140 valence electrons. The molecule has 2 N–H and O–H groups in total. The summed E-state index contributed by atoms with van der Waals surface area (Å²) >= 11 is 0. The van der Waals surface area contributed by atoms with Crippen LogP contribution in [0.4, 0.5) is 11.4 Å². The van der Waals surface area contributed by atoms with Gasteiger partial charge in [0.2, 0.25) is 0 Å². The van der Waals surface area contributed by atoms with Gasteiger partial charge in [0.05, 0.1) is 11.1 Å². The summed E-state index contributed by atoms with van der Waals surface area (Å²) in [4.78, 5) is 40.3. The molecule has 0 saturated heterocycles. The molecular weight excluding hydrogens is 354 g/mol. The molecule has 0 aliphatic heterocycles. The van der Waals surface area contributed by atoms with E-state index < -0.39 is 5.91 Å². The fourth-order valence-corrected chi connectivity index (χ4v) is 2.59. The fourth-order valence-electron chi connectivity index (χ4n) is 2.59. The highest BCUT2D eigenvalue weighted by Gasteiger charge is 2.13. The van der Waals surface area contributed by atoms with E-state index in [2.05, 4.69) is 15.6 Å². The smallest absolute Gasteiger partial charge is 0.257 e. The van der Waals surface area contributed by atoms with Gasteiger partial charge in [-0.15, -0.1) is 0 Å². The molecule has 0 aliphatic rings. The van der Waals surface area contributed by atoms with Gasteiger partial charge >= 0.3 is 0 Å². The molecule has 3 aromatic rings. The third kappa shape index (κ3) is 4.48. The van der Waals surface area contributed by atoms with Gasteiger partial charge in [0.1, 0.15) is 0 Å². The molecule has 0 fully saturated rings. The maximum Gasteiger partial charge on any atom is 0.257 e. The van der Waals surface area contributed by atoms with Crippen molar-refractivity contribution < 1.29 is 14.4 Å². The van der Waals surface area contributed by atoms with Gasteiger partial charge in [0, 0.05) is 29.3 Å². The third-order valence-corrected chi connectivity index (χ3v) is 4.21. The number of nitrogens with zero attached hydrogens (tertiary/aromatic N) is 1. The van der Waals surface area contributed by atoms with Crippen molar-refractivity contribution >= 4 is 29.0 Å². The number of Topliss-reactive ketones (excluding diaryl/α,β-unsaturated/α-hetero) is 1. The van der Waals surface area contributed by atoms with Gasteiger partial charge in [-0.2, -0.15) is 0 Å². The van der Waals surface area contributed by atoms with Crippen LogP contribution in [0.5, 0.6) is 0 Å². The van der Waals surface area contributed by atoms with Gasteiger partial charge < -0.3 is 10.6 Å². The lowest BCUT2D eigenvalue weighted by atomic mass is 10.1. The number of nitrogens with one attached hydrogen (secondary N) is 2. The quantitative estimate of drug-likeness (QED) is 0.659. The highest BCUT2D eigenvalue weighted by Crippen LogP contribution is 2.16. The van der Waals surface area contributed by atoms with Crippen molar-refractivity contribution in [3.63, 3.8) is 0 Å². The average molecular weight is 373 g/mol. The number of anilines is 2. The van der Waals surface area contributed by atoms with Crippen LogP contribution in [0.3, 0.4) is 0 Å². The molecule has 6 nitrogen and oxygen atoms in total. The molecule has 0 spiro atoms. The molecule has 1 aromatic heterocycles. The van der Waals surface area contributed by atoms with Crippen molar-refractivity contribution in [2.75, 3.05) is 10.6 Å². The summed E-state index contributed by atoms with van der Waals surface area (Å²) in [7, 11) is 0. The first kappa shape index (κ1) is 19.0. The predicted octanol–water partition coefficient (Wildman–Crippen LogP) is 4.10. The number of aromatic nitrogens is 1. The third-order valence-electron chi connectivity index (χ3n) is 4.21. The molecule has 0 atom stereocenters. The summed E-state index contributed by atoms with van der Waals surface area (Å²) in [6, 6.07) is 15.5. The van der Waals surface area contributed by atoms with Gasteiger partial charge in [0.25, 0.3) is 11.8 Å². The van der Waals surface area contributed by atoms with Crippen molar-refractivity contribution in [2.45, 2.75) is 13.8 Å². The summed E-state index contributed by atoms with van der Waals surface area (Å²) in [5.74, 6) is -0.787. The van der Waals surface area contributed by atoms with Crippen LogP contribution in [-0.4, -0.2) is 22.6 Å². The Morgan fingerprint density at radius 3 is 2.00 bits per heavy atom. The predicted molar refractivity (Wildman–Crippen MR) is 108 cm³/mol. The summed E-state index contributed by atoms with van der Waals surface area (Å²) in [5, 5.41) is 5.54. The number of carbonyl (C=O) groups excluding carboxylic acids is 3. The molecule has 0 bridgehead atoms. The van der Waals surface area contributed by atoms with Crippen molar-refractivity contribution in [2.24, 2.45) is 0 Å². The molecule has 2 aromatic carbocycles. The minimum Gasteiger partial charge on any atom is -0.322 e. The molecule has 0 aliphatic carbocycles. The van der Waals surface area contributed by atoms with Crippen LogP contribution in [0.1, 0.15) is 43.6 Å². The number of hydrogen-bond acceptors (Lipinski definition) is 4. The van der Waals surface area contributed by atoms with Crippen molar-refractivity contribution in [1.29, 1.82) is 0 Å². The van der Waals surface area contributed by atoms with E-state index in [9.17, 15) is 14.4 Å². The van der Waals surface area contributed by atoms with Gasteiger partial charge in [-0.3, -0.25) is 19.4 Å². The Labute approximate surface area is 162 Å². The van der Waals surface area contributed by atoms with Crippen LogP contribution >= 0.6 is 0 Å². The Hall–Kier alpha value is -3.80. The number of amides is 2. The molecule has 3 rings (SSSR count). The van der Waals surface area contributed by atoms with E-state index in [0.29, 0.717) is 16.9 Å².